The maximum Gasteiger partial charge on any atom is 0.174 e. The predicted octanol–water partition coefficient (Wildman–Crippen LogP) is 2.14. The molecule has 1 heterocycles. The van der Waals surface area contributed by atoms with E-state index < -0.39 is 17.1 Å². The number of rotatable bonds is 1. The second-order valence-electron chi connectivity index (χ2n) is 7.28. The Morgan fingerprint density at radius 2 is 2.23 bits per heavy atom. The van der Waals surface area contributed by atoms with Crippen molar-refractivity contribution in [3.8, 4) is 11.5 Å². The maximum atomic E-state index is 12.6. The molecule has 2 saturated carbocycles. The van der Waals surface area contributed by atoms with Crippen LogP contribution in [0.5, 0.6) is 11.5 Å². The summed E-state index contributed by atoms with van der Waals surface area (Å²) >= 11 is 0. The van der Waals surface area contributed by atoms with E-state index in [1.54, 1.807) is 7.11 Å². The van der Waals surface area contributed by atoms with Gasteiger partial charge in [-0.15, -0.1) is 0 Å². The van der Waals surface area contributed by atoms with Crippen LogP contribution in [0.3, 0.4) is 0 Å². The van der Waals surface area contributed by atoms with Crippen LogP contribution in [-0.4, -0.2) is 29.7 Å². The number of methoxy groups -OCH3 is 1. The summed E-state index contributed by atoms with van der Waals surface area (Å²) in [5.41, 5.74) is 0.975. The summed E-state index contributed by atoms with van der Waals surface area (Å²) in [6.45, 7) is 0. The number of benzene rings is 1. The lowest BCUT2D eigenvalue weighted by atomic mass is 9.46. The molecule has 5 rings (SSSR count). The van der Waals surface area contributed by atoms with E-state index in [4.69, 9.17) is 9.47 Å². The molecule has 4 atom stereocenters. The van der Waals surface area contributed by atoms with Gasteiger partial charge in [0.05, 0.1) is 18.1 Å². The number of hydrogen-bond acceptors (Lipinski definition) is 4. The minimum absolute atomic E-state index is 0.136. The van der Waals surface area contributed by atoms with Crippen LogP contribution in [0.25, 0.3) is 0 Å². The molecule has 0 saturated heterocycles. The molecular formula is C18H20O4. The molecule has 4 aliphatic rings. The Hall–Kier alpha value is -1.55. The van der Waals surface area contributed by atoms with Gasteiger partial charge in [0, 0.05) is 12.0 Å². The summed E-state index contributed by atoms with van der Waals surface area (Å²) < 4.78 is 11.6. The third kappa shape index (κ3) is 1.16. The Balaban J connectivity index is 1.87. The minimum atomic E-state index is -0.797. The van der Waals surface area contributed by atoms with Gasteiger partial charge >= 0.3 is 0 Å². The van der Waals surface area contributed by atoms with E-state index in [2.05, 4.69) is 6.07 Å². The smallest absolute Gasteiger partial charge is 0.174 e. The van der Waals surface area contributed by atoms with Crippen molar-refractivity contribution in [1.29, 1.82) is 0 Å². The fraction of sp³-hybridized carbons (Fsp3) is 0.611. The van der Waals surface area contributed by atoms with Crippen molar-refractivity contribution in [3.05, 3.63) is 23.3 Å². The topological polar surface area (TPSA) is 55.8 Å². The minimum Gasteiger partial charge on any atom is -0.493 e. The number of aliphatic hydroxyl groups is 1. The van der Waals surface area contributed by atoms with Crippen LogP contribution >= 0.6 is 0 Å². The van der Waals surface area contributed by atoms with Crippen molar-refractivity contribution >= 4 is 5.78 Å². The van der Waals surface area contributed by atoms with E-state index >= 15 is 0 Å². The molecule has 0 amide bonds. The molecule has 3 unspecified atom stereocenters. The van der Waals surface area contributed by atoms with Crippen LogP contribution in [0.2, 0.25) is 0 Å². The van der Waals surface area contributed by atoms with Crippen LogP contribution in [-0.2, 0) is 16.6 Å². The zero-order valence-electron chi connectivity index (χ0n) is 12.7. The molecule has 1 aromatic carbocycles. The van der Waals surface area contributed by atoms with Crippen LogP contribution in [0.15, 0.2) is 12.1 Å². The van der Waals surface area contributed by atoms with Gasteiger partial charge in [-0.3, -0.25) is 4.79 Å². The summed E-state index contributed by atoms with van der Waals surface area (Å²) in [7, 11) is 1.63. The number of hydrogen-bond donors (Lipinski definition) is 1. The standard InChI is InChI=1S/C18H20O4/c1-21-13-5-4-10-9-11-3-2-7-17-14(10)15(13)22-16(17)12(19)6-8-18(11,17)20/h4-5,11,16,20H,2-3,6-9H2,1H3/t11-,16?,17?,18?/m1/s1. The first-order valence-corrected chi connectivity index (χ1v) is 8.24. The van der Waals surface area contributed by atoms with Gasteiger partial charge in [-0.05, 0) is 43.2 Å². The molecule has 2 bridgehead atoms. The van der Waals surface area contributed by atoms with Gasteiger partial charge in [-0.2, -0.15) is 0 Å². The average molecular weight is 300 g/mol. The third-order valence-corrected chi connectivity index (χ3v) is 6.64. The zero-order chi connectivity index (χ0) is 15.1. The number of Topliss-reactive ketones (excluding diaryl/α,β-unsaturated/α-hetero) is 1. The first kappa shape index (κ1) is 12.9. The normalized spacial score (nSPS) is 40.9. The van der Waals surface area contributed by atoms with Crippen molar-refractivity contribution in [2.45, 2.75) is 55.6 Å². The Kier molecular flexibility index (Phi) is 2.27. The highest BCUT2D eigenvalue weighted by Crippen LogP contribution is 2.66. The second-order valence-corrected chi connectivity index (χ2v) is 7.28. The van der Waals surface area contributed by atoms with E-state index in [9.17, 15) is 9.90 Å². The van der Waals surface area contributed by atoms with E-state index in [1.165, 1.54) is 5.56 Å². The summed E-state index contributed by atoms with van der Waals surface area (Å²) in [5.74, 6) is 1.77. The molecule has 1 spiro atoms. The number of carbonyl (C=O) groups excluding carboxylic acids is 1. The van der Waals surface area contributed by atoms with Crippen molar-refractivity contribution in [2.75, 3.05) is 7.11 Å². The van der Waals surface area contributed by atoms with Gasteiger partial charge in [0.2, 0.25) is 0 Å². The van der Waals surface area contributed by atoms with E-state index in [-0.39, 0.29) is 11.7 Å². The molecule has 2 fully saturated rings. The number of ketones is 1. The lowest BCUT2D eigenvalue weighted by Crippen LogP contribution is -2.69. The largest absolute Gasteiger partial charge is 0.493 e. The monoisotopic (exact) mass is 300 g/mol. The van der Waals surface area contributed by atoms with E-state index in [0.29, 0.717) is 24.3 Å². The van der Waals surface area contributed by atoms with E-state index in [1.807, 2.05) is 6.07 Å². The molecule has 0 aromatic heterocycles. The fourth-order valence-electron chi connectivity index (χ4n) is 5.79. The molecular weight excluding hydrogens is 280 g/mol. The summed E-state index contributed by atoms with van der Waals surface area (Å²) in [4.78, 5) is 12.6. The van der Waals surface area contributed by atoms with Gasteiger partial charge in [0.1, 0.15) is 0 Å². The van der Waals surface area contributed by atoms with Gasteiger partial charge in [0.25, 0.3) is 0 Å². The highest BCUT2D eigenvalue weighted by atomic mass is 16.5. The van der Waals surface area contributed by atoms with Crippen molar-refractivity contribution in [2.24, 2.45) is 5.92 Å². The number of carbonyl (C=O) groups is 1. The lowest BCUT2D eigenvalue weighted by molar-refractivity contribution is -0.177. The van der Waals surface area contributed by atoms with Gasteiger partial charge in [-0.1, -0.05) is 12.5 Å². The zero-order valence-corrected chi connectivity index (χ0v) is 12.7. The molecule has 1 aliphatic heterocycles. The van der Waals surface area contributed by atoms with E-state index in [0.717, 1.165) is 31.2 Å². The maximum absolute atomic E-state index is 12.6. The molecule has 1 N–H and O–H groups in total. The molecule has 3 aliphatic carbocycles. The SMILES string of the molecule is COc1ccc2c3c1OC1C(=O)CCC4(O)[C@H](CCCC314)C2. The van der Waals surface area contributed by atoms with Gasteiger partial charge < -0.3 is 14.6 Å². The third-order valence-electron chi connectivity index (χ3n) is 6.64. The van der Waals surface area contributed by atoms with Crippen LogP contribution in [0.4, 0.5) is 0 Å². The Bertz CT molecular complexity index is 697. The molecule has 1 aromatic rings. The predicted molar refractivity (Wildman–Crippen MR) is 79.3 cm³/mol. The molecule has 4 nitrogen and oxygen atoms in total. The Morgan fingerprint density at radius 3 is 3.05 bits per heavy atom. The lowest BCUT2D eigenvalue weighted by Gasteiger charge is -2.59. The first-order chi connectivity index (χ1) is 10.6. The average Bonchev–Trinajstić information content (AvgIpc) is 2.85. The second kappa shape index (κ2) is 3.85. The Morgan fingerprint density at radius 1 is 1.36 bits per heavy atom. The van der Waals surface area contributed by atoms with Crippen LogP contribution in [0.1, 0.15) is 43.2 Å². The van der Waals surface area contributed by atoms with Crippen LogP contribution in [0, 0.1) is 5.92 Å². The molecule has 0 radical (unpaired) electrons. The molecule has 116 valence electrons. The molecule has 22 heavy (non-hydrogen) atoms. The van der Waals surface area contributed by atoms with Gasteiger partial charge in [-0.25, -0.2) is 0 Å². The summed E-state index contributed by atoms with van der Waals surface area (Å²) in [6.07, 6.45) is 4.28. The first-order valence-electron chi connectivity index (χ1n) is 8.24. The van der Waals surface area contributed by atoms with Gasteiger partial charge in [0.15, 0.2) is 23.4 Å². The van der Waals surface area contributed by atoms with Crippen LogP contribution < -0.4 is 9.47 Å². The van der Waals surface area contributed by atoms with Crippen molar-refractivity contribution in [1.82, 2.24) is 0 Å². The summed E-state index contributed by atoms with van der Waals surface area (Å²) in [5, 5.41) is 11.6. The molecule has 4 heteroatoms. The van der Waals surface area contributed by atoms with Crippen molar-refractivity contribution < 1.29 is 19.4 Å². The highest BCUT2D eigenvalue weighted by molar-refractivity contribution is 5.89. The van der Waals surface area contributed by atoms with Crippen molar-refractivity contribution in [3.63, 3.8) is 0 Å². The number of ether oxygens (including phenoxy) is 2. The highest BCUT2D eigenvalue weighted by Gasteiger charge is 2.71. The fourth-order valence-corrected chi connectivity index (χ4v) is 5.79. The Labute approximate surface area is 129 Å². The quantitative estimate of drug-likeness (QED) is 0.863. The summed E-state index contributed by atoms with van der Waals surface area (Å²) in [6, 6.07) is 4.04.